The van der Waals surface area contributed by atoms with E-state index in [2.05, 4.69) is 20.4 Å². The lowest BCUT2D eigenvalue weighted by Gasteiger charge is -2.22. The van der Waals surface area contributed by atoms with Crippen LogP contribution in [0.2, 0.25) is 0 Å². The summed E-state index contributed by atoms with van der Waals surface area (Å²) in [6, 6.07) is 7.62. The highest BCUT2D eigenvalue weighted by molar-refractivity contribution is 8.03. The fourth-order valence-electron chi connectivity index (χ4n) is 2.58. The van der Waals surface area contributed by atoms with Crippen molar-refractivity contribution in [2.75, 3.05) is 31.8 Å². The molecule has 0 fully saturated rings. The second kappa shape index (κ2) is 10.6. The third-order valence-electron chi connectivity index (χ3n) is 4.10. The van der Waals surface area contributed by atoms with Gasteiger partial charge in [0.15, 0.2) is 5.57 Å². The van der Waals surface area contributed by atoms with Gasteiger partial charge in [0.1, 0.15) is 30.1 Å². The molecular weight excluding hydrogens is 392 g/mol. The molecule has 0 aromatic heterocycles. The summed E-state index contributed by atoms with van der Waals surface area (Å²) in [5.41, 5.74) is 0.843. The van der Waals surface area contributed by atoms with Gasteiger partial charge in [0, 0.05) is 17.5 Å². The van der Waals surface area contributed by atoms with Crippen molar-refractivity contribution in [2.45, 2.75) is 25.2 Å². The Bertz CT molecular complexity index is 857. The van der Waals surface area contributed by atoms with E-state index in [0.717, 1.165) is 23.1 Å². The molecule has 1 aromatic rings. The minimum Gasteiger partial charge on any atom is -0.497 e. The van der Waals surface area contributed by atoms with Crippen molar-refractivity contribution in [1.82, 2.24) is 0 Å². The molecule has 1 aliphatic heterocycles. The number of rotatable bonds is 9. The van der Waals surface area contributed by atoms with E-state index >= 15 is 0 Å². The van der Waals surface area contributed by atoms with E-state index < -0.39 is 11.9 Å². The van der Waals surface area contributed by atoms with Gasteiger partial charge < -0.3 is 19.1 Å². The largest absolute Gasteiger partial charge is 0.497 e. The zero-order valence-corrected chi connectivity index (χ0v) is 17.6. The van der Waals surface area contributed by atoms with Crippen molar-refractivity contribution < 1.29 is 23.8 Å². The molecule has 0 spiro atoms. The fraction of sp³-hybridized carbons (Fsp3) is 0.381. The molecule has 0 amide bonds. The Balaban J connectivity index is 2.24. The van der Waals surface area contributed by atoms with E-state index in [1.807, 2.05) is 29.2 Å². The second-order valence-electron chi connectivity index (χ2n) is 6.57. The molecule has 0 atom stereocenters. The monoisotopic (exact) mass is 416 g/mol. The molecule has 29 heavy (non-hydrogen) atoms. The van der Waals surface area contributed by atoms with Gasteiger partial charge in [-0.1, -0.05) is 32.2 Å². The van der Waals surface area contributed by atoms with Crippen LogP contribution in [0, 0.1) is 17.2 Å². The Hall–Kier alpha value is -2.92. The predicted octanol–water partition coefficient (Wildman–Crippen LogP) is 3.66. The van der Waals surface area contributed by atoms with Crippen molar-refractivity contribution in [3.8, 4) is 11.8 Å². The number of hydrogen-bond donors (Lipinski definition) is 0. The van der Waals surface area contributed by atoms with Gasteiger partial charge in [-0.2, -0.15) is 5.26 Å². The highest BCUT2D eigenvalue weighted by atomic mass is 32.2. The van der Waals surface area contributed by atoms with E-state index in [1.54, 1.807) is 7.11 Å². The molecule has 0 saturated heterocycles. The van der Waals surface area contributed by atoms with Crippen molar-refractivity contribution in [3.63, 3.8) is 0 Å². The maximum Gasteiger partial charge on any atom is 0.351 e. The number of ether oxygens (including phenoxy) is 3. The first-order valence-electron chi connectivity index (χ1n) is 9.15. The SMILES string of the molecule is C=CC(=O)OCCOC(=O)/C(C#N)=C1\Sc2cc(OC)ccc2N1CCC(C)C. The minimum atomic E-state index is -0.751. The predicted molar refractivity (Wildman–Crippen MR) is 110 cm³/mol. The number of anilines is 1. The number of nitrogens with zero attached hydrogens (tertiary/aromatic N) is 2. The number of fused-ring (bicyclic) bond motifs is 1. The molecule has 0 saturated carbocycles. The zero-order valence-electron chi connectivity index (χ0n) is 16.8. The molecule has 1 aliphatic rings. The van der Waals surface area contributed by atoms with Crippen LogP contribution in [0.5, 0.6) is 5.75 Å². The lowest BCUT2D eigenvalue weighted by Crippen LogP contribution is -2.24. The molecule has 7 nitrogen and oxygen atoms in total. The number of esters is 2. The highest BCUT2D eigenvalue weighted by Gasteiger charge is 2.31. The standard InChI is InChI=1S/C21H24N2O5S/c1-5-19(24)27-10-11-28-21(25)16(13-22)20-23(9-8-14(2)3)17-7-6-15(26-4)12-18(17)29-20/h5-7,12,14H,1,8-11H2,2-4H3/b20-16-. The third-order valence-corrected chi connectivity index (χ3v) is 5.26. The van der Waals surface area contributed by atoms with Crippen molar-refractivity contribution in [1.29, 1.82) is 5.26 Å². The molecule has 8 heteroatoms. The summed E-state index contributed by atoms with van der Waals surface area (Å²) in [4.78, 5) is 26.4. The number of benzene rings is 1. The first-order chi connectivity index (χ1) is 13.9. The van der Waals surface area contributed by atoms with Crippen LogP contribution in [0.15, 0.2) is 46.4 Å². The maximum absolute atomic E-state index is 12.5. The Morgan fingerprint density at radius 2 is 2.03 bits per heavy atom. The average Bonchev–Trinajstić information content (AvgIpc) is 3.06. The molecule has 154 valence electrons. The molecule has 0 radical (unpaired) electrons. The van der Waals surface area contributed by atoms with Crippen LogP contribution in [0.25, 0.3) is 0 Å². The van der Waals surface area contributed by atoms with Gasteiger partial charge in [-0.25, -0.2) is 9.59 Å². The minimum absolute atomic E-state index is 0.0797. The number of methoxy groups -OCH3 is 1. The topological polar surface area (TPSA) is 88.9 Å². The Morgan fingerprint density at radius 1 is 1.31 bits per heavy atom. The van der Waals surface area contributed by atoms with E-state index in [9.17, 15) is 14.9 Å². The van der Waals surface area contributed by atoms with Gasteiger partial charge in [0.2, 0.25) is 0 Å². The summed E-state index contributed by atoms with van der Waals surface area (Å²) in [7, 11) is 1.59. The average molecular weight is 416 g/mol. The van der Waals surface area contributed by atoms with E-state index in [-0.39, 0.29) is 18.8 Å². The van der Waals surface area contributed by atoms with Crippen molar-refractivity contribution in [3.05, 3.63) is 41.5 Å². The van der Waals surface area contributed by atoms with Crippen LogP contribution >= 0.6 is 11.8 Å². The van der Waals surface area contributed by atoms with Crippen LogP contribution in [0.3, 0.4) is 0 Å². The fourth-order valence-corrected chi connectivity index (χ4v) is 3.78. The molecule has 0 N–H and O–H groups in total. The molecule has 0 bridgehead atoms. The summed E-state index contributed by atoms with van der Waals surface area (Å²) in [6.45, 7) is 7.93. The van der Waals surface area contributed by atoms with Gasteiger partial charge in [-0.15, -0.1) is 0 Å². The quantitative estimate of drug-likeness (QED) is 0.261. The van der Waals surface area contributed by atoms with Gasteiger partial charge in [0.05, 0.1) is 12.8 Å². The molecular formula is C21H24N2O5S. The van der Waals surface area contributed by atoms with Crippen molar-refractivity contribution >= 4 is 29.4 Å². The van der Waals surface area contributed by atoms with Gasteiger partial charge in [-0.05, 0) is 30.5 Å². The summed E-state index contributed by atoms with van der Waals surface area (Å²) in [6.07, 6.45) is 1.92. The molecule has 0 aliphatic carbocycles. The number of carbonyl (C=O) groups is 2. The Labute approximate surface area is 174 Å². The van der Waals surface area contributed by atoms with Gasteiger partial charge in [0.25, 0.3) is 0 Å². The van der Waals surface area contributed by atoms with Crippen LogP contribution < -0.4 is 9.64 Å². The van der Waals surface area contributed by atoms with E-state index in [0.29, 0.717) is 23.2 Å². The summed E-state index contributed by atoms with van der Waals surface area (Å²) >= 11 is 1.34. The first-order valence-corrected chi connectivity index (χ1v) is 9.97. The van der Waals surface area contributed by atoms with Gasteiger partial charge in [-0.3, -0.25) is 0 Å². The zero-order chi connectivity index (χ0) is 21.4. The third kappa shape index (κ3) is 5.78. The number of hydrogen-bond acceptors (Lipinski definition) is 8. The first kappa shape index (κ1) is 22.4. The molecule has 0 unspecified atom stereocenters. The number of nitriles is 1. The smallest absolute Gasteiger partial charge is 0.351 e. The maximum atomic E-state index is 12.5. The van der Waals surface area contributed by atoms with Crippen LogP contribution in [0.1, 0.15) is 20.3 Å². The lowest BCUT2D eigenvalue weighted by atomic mass is 10.1. The number of thioether (sulfide) groups is 1. The van der Waals surface area contributed by atoms with E-state index in [4.69, 9.17) is 14.2 Å². The summed E-state index contributed by atoms with van der Waals surface area (Å²) in [5, 5.41) is 10.2. The Kier molecular flexibility index (Phi) is 8.16. The molecule has 2 rings (SSSR count). The number of carbonyl (C=O) groups excluding carboxylic acids is 2. The van der Waals surface area contributed by atoms with Crippen LogP contribution in [-0.4, -0.2) is 38.8 Å². The summed E-state index contributed by atoms with van der Waals surface area (Å²) < 4.78 is 15.2. The van der Waals surface area contributed by atoms with Crippen LogP contribution in [-0.2, 0) is 19.1 Å². The molecule has 1 aromatic carbocycles. The second-order valence-corrected chi connectivity index (χ2v) is 7.60. The lowest BCUT2D eigenvalue weighted by molar-refractivity contribution is -0.146. The Morgan fingerprint density at radius 3 is 2.66 bits per heavy atom. The van der Waals surface area contributed by atoms with E-state index in [1.165, 1.54) is 11.8 Å². The summed E-state index contributed by atoms with van der Waals surface area (Å²) in [5.74, 6) is -0.193. The van der Waals surface area contributed by atoms with Gasteiger partial charge >= 0.3 is 11.9 Å². The molecule has 1 heterocycles. The van der Waals surface area contributed by atoms with Crippen LogP contribution in [0.4, 0.5) is 5.69 Å². The van der Waals surface area contributed by atoms with Crippen molar-refractivity contribution in [2.24, 2.45) is 5.92 Å². The highest BCUT2D eigenvalue weighted by Crippen LogP contribution is 2.48. The normalized spacial score (nSPS) is 14.1.